The highest BCUT2D eigenvalue weighted by atomic mass is 16.3. The molecule has 0 spiro atoms. The van der Waals surface area contributed by atoms with Crippen LogP contribution >= 0.6 is 0 Å². The second kappa shape index (κ2) is 3.56. The van der Waals surface area contributed by atoms with Gasteiger partial charge in [0.2, 0.25) is 0 Å². The Hall–Kier alpha value is -1.89. The maximum absolute atomic E-state index is 12.0. The van der Waals surface area contributed by atoms with Crippen LogP contribution in [-0.2, 0) is 21.1 Å². The molecule has 0 amide bonds. The van der Waals surface area contributed by atoms with Gasteiger partial charge in [-0.2, -0.15) is 0 Å². The van der Waals surface area contributed by atoms with E-state index in [-0.39, 0.29) is 5.65 Å². The molecule has 7 heteroatoms. The third kappa shape index (κ3) is 1.42. The zero-order chi connectivity index (χ0) is 12.9. The van der Waals surface area contributed by atoms with Crippen LogP contribution in [0.15, 0.2) is 9.59 Å². The SMILES string of the molecule is C[C@@H](O)c1nc2c(c(=O)n(C)c(=O)n2C)n1C. The molecule has 2 aromatic heterocycles. The first-order valence-corrected chi connectivity index (χ1v) is 5.16. The predicted molar refractivity (Wildman–Crippen MR) is 61.8 cm³/mol. The van der Waals surface area contributed by atoms with E-state index in [1.165, 1.54) is 16.2 Å². The Morgan fingerprint density at radius 1 is 1.12 bits per heavy atom. The average molecular weight is 238 g/mol. The predicted octanol–water partition coefficient (Wildman–Crippen LogP) is -0.976. The molecule has 0 radical (unpaired) electrons. The van der Waals surface area contributed by atoms with Crippen LogP contribution in [0, 0.1) is 0 Å². The lowest BCUT2D eigenvalue weighted by atomic mass is 10.4. The number of imidazole rings is 1. The molecule has 0 fully saturated rings. The lowest BCUT2D eigenvalue weighted by molar-refractivity contribution is 0.186. The zero-order valence-electron chi connectivity index (χ0n) is 10.1. The van der Waals surface area contributed by atoms with E-state index < -0.39 is 17.4 Å². The molecule has 1 N–H and O–H groups in total. The van der Waals surface area contributed by atoms with Crippen LogP contribution in [0.4, 0.5) is 0 Å². The normalized spacial score (nSPS) is 13.2. The fourth-order valence-electron chi connectivity index (χ4n) is 1.91. The second-order valence-electron chi connectivity index (χ2n) is 4.08. The van der Waals surface area contributed by atoms with Gasteiger partial charge in [0.15, 0.2) is 11.2 Å². The van der Waals surface area contributed by atoms with Crippen molar-refractivity contribution in [3.8, 4) is 0 Å². The van der Waals surface area contributed by atoms with Crippen molar-refractivity contribution in [1.82, 2.24) is 18.7 Å². The minimum absolute atomic E-state index is 0.288. The lowest BCUT2D eigenvalue weighted by Crippen LogP contribution is -2.37. The van der Waals surface area contributed by atoms with E-state index in [9.17, 15) is 14.7 Å². The Bertz CT molecular complexity index is 705. The number of nitrogens with zero attached hydrogens (tertiary/aromatic N) is 4. The molecule has 0 bridgehead atoms. The fraction of sp³-hybridized carbons (Fsp3) is 0.500. The summed E-state index contributed by atoms with van der Waals surface area (Å²) >= 11 is 0. The molecule has 0 aromatic carbocycles. The largest absolute Gasteiger partial charge is 0.385 e. The molecule has 1 atom stereocenters. The van der Waals surface area contributed by atoms with Crippen molar-refractivity contribution in [2.45, 2.75) is 13.0 Å². The third-order valence-corrected chi connectivity index (χ3v) is 2.88. The average Bonchev–Trinajstić information content (AvgIpc) is 2.62. The number of aliphatic hydroxyl groups is 1. The van der Waals surface area contributed by atoms with Crippen LogP contribution in [0.5, 0.6) is 0 Å². The maximum atomic E-state index is 12.0. The van der Waals surface area contributed by atoms with Crippen LogP contribution in [0.3, 0.4) is 0 Å². The Kier molecular flexibility index (Phi) is 2.43. The monoisotopic (exact) mass is 238 g/mol. The van der Waals surface area contributed by atoms with E-state index >= 15 is 0 Å². The molecule has 17 heavy (non-hydrogen) atoms. The second-order valence-corrected chi connectivity index (χ2v) is 4.08. The molecule has 0 aliphatic rings. The summed E-state index contributed by atoms with van der Waals surface area (Å²) in [6, 6.07) is 0. The van der Waals surface area contributed by atoms with E-state index in [0.717, 1.165) is 4.57 Å². The van der Waals surface area contributed by atoms with E-state index in [0.29, 0.717) is 11.3 Å². The van der Waals surface area contributed by atoms with Gasteiger partial charge in [0.25, 0.3) is 5.56 Å². The van der Waals surface area contributed by atoms with Crippen LogP contribution in [-0.4, -0.2) is 23.8 Å². The topological polar surface area (TPSA) is 82.1 Å². The first-order valence-electron chi connectivity index (χ1n) is 5.16. The minimum Gasteiger partial charge on any atom is -0.385 e. The van der Waals surface area contributed by atoms with Gasteiger partial charge in [-0.1, -0.05) is 0 Å². The van der Waals surface area contributed by atoms with Crippen LogP contribution in [0.25, 0.3) is 11.2 Å². The quantitative estimate of drug-likeness (QED) is 0.692. The van der Waals surface area contributed by atoms with Crippen molar-refractivity contribution in [3.63, 3.8) is 0 Å². The zero-order valence-corrected chi connectivity index (χ0v) is 10.1. The van der Waals surface area contributed by atoms with Crippen LogP contribution < -0.4 is 11.2 Å². The van der Waals surface area contributed by atoms with Crippen molar-refractivity contribution >= 4 is 11.2 Å². The number of aromatic nitrogens is 4. The summed E-state index contributed by atoms with van der Waals surface area (Å²) in [6.45, 7) is 1.56. The Morgan fingerprint density at radius 2 is 1.71 bits per heavy atom. The highest BCUT2D eigenvalue weighted by molar-refractivity contribution is 5.70. The van der Waals surface area contributed by atoms with Gasteiger partial charge in [-0.05, 0) is 6.92 Å². The van der Waals surface area contributed by atoms with Crippen molar-refractivity contribution in [2.24, 2.45) is 21.1 Å². The summed E-state index contributed by atoms with van der Waals surface area (Å²) < 4.78 is 3.83. The van der Waals surface area contributed by atoms with Gasteiger partial charge in [0.1, 0.15) is 11.9 Å². The van der Waals surface area contributed by atoms with E-state index in [2.05, 4.69) is 4.98 Å². The van der Waals surface area contributed by atoms with Gasteiger partial charge in [-0.15, -0.1) is 0 Å². The summed E-state index contributed by atoms with van der Waals surface area (Å²) in [5.74, 6) is 0.360. The Balaban J connectivity index is 3.08. The first-order chi connectivity index (χ1) is 7.86. The highest BCUT2D eigenvalue weighted by Gasteiger charge is 2.18. The number of fused-ring (bicyclic) bond motifs is 1. The van der Waals surface area contributed by atoms with Crippen molar-refractivity contribution in [1.29, 1.82) is 0 Å². The molecule has 0 unspecified atom stereocenters. The molecule has 0 saturated heterocycles. The van der Waals surface area contributed by atoms with Gasteiger partial charge in [-0.25, -0.2) is 9.78 Å². The van der Waals surface area contributed by atoms with E-state index in [1.54, 1.807) is 21.0 Å². The van der Waals surface area contributed by atoms with Gasteiger partial charge in [-0.3, -0.25) is 13.9 Å². The third-order valence-electron chi connectivity index (χ3n) is 2.88. The first kappa shape index (κ1) is 11.6. The summed E-state index contributed by atoms with van der Waals surface area (Å²) in [6.07, 6.45) is -0.799. The molecule has 0 saturated carbocycles. The van der Waals surface area contributed by atoms with Crippen molar-refractivity contribution < 1.29 is 5.11 Å². The molecular formula is C10H14N4O3. The fourth-order valence-corrected chi connectivity index (χ4v) is 1.91. The Morgan fingerprint density at radius 3 is 2.24 bits per heavy atom. The molecule has 2 aromatic rings. The van der Waals surface area contributed by atoms with Gasteiger partial charge in [0, 0.05) is 21.1 Å². The molecule has 0 aliphatic heterocycles. The Labute approximate surface area is 96.6 Å². The summed E-state index contributed by atoms with van der Waals surface area (Å²) in [7, 11) is 4.60. The number of hydrogen-bond donors (Lipinski definition) is 1. The summed E-state index contributed by atoms with van der Waals surface area (Å²) in [4.78, 5) is 27.8. The standard InChI is InChI=1S/C10H14N4O3/c1-5(15)7-11-8-6(12(7)2)9(16)14(4)10(17)13(8)3/h5,15H,1-4H3/t5-/m1/s1. The number of rotatable bonds is 1. The summed E-state index contributed by atoms with van der Waals surface area (Å²) in [5.41, 5.74) is -0.246. The van der Waals surface area contributed by atoms with Crippen molar-refractivity contribution in [2.75, 3.05) is 0 Å². The van der Waals surface area contributed by atoms with Gasteiger partial charge in [0.05, 0.1) is 0 Å². The van der Waals surface area contributed by atoms with Crippen molar-refractivity contribution in [3.05, 3.63) is 26.7 Å². The van der Waals surface area contributed by atoms with Crippen LogP contribution in [0.2, 0.25) is 0 Å². The number of aryl methyl sites for hydroxylation is 2. The molecule has 7 nitrogen and oxygen atoms in total. The minimum atomic E-state index is -0.799. The number of hydrogen-bond acceptors (Lipinski definition) is 4. The molecule has 2 heterocycles. The molecule has 0 aliphatic carbocycles. The smallest absolute Gasteiger partial charge is 0.332 e. The maximum Gasteiger partial charge on any atom is 0.332 e. The highest BCUT2D eigenvalue weighted by Crippen LogP contribution is 2.14. The lowest BCUT2D eigenvalue weighted by Gasteiger charge is -2.04. The van der Waals surface area contributed by atoms with E-state index in [4.69, 9.17) is 0 Å². The molecule has 92 valence electrons. The molecule has 2 rings (SSSR count). The summed E-state index contributed by atoms with van der Waals surface area (Å²) in [5, 5.41) is 9.55. The van der Waals surface area contributed by atoms with Crippen LogP contribution in [0.1, 0.15) is 18.9 Å². The number of aliphatic hydroxyl groups excluding tert-OH is 1. The van der Waals surface area contributed by atoms with Gasteiger partial charge >= 0.3 is 5.69 Å². The van der Waals surface area contributed by atoms with Gasteiger partial charge < -0.3 is 9.67 Å². The molecular weight excluding hydrogens is 224 g/mol. The van der Waals surface area contributed by atoms with E-state index in [1.807, 2.05) is 0 Å².